The zero-order valence-electron chi connectivity index (χ0n) is 11.3. The molecule has 0 atom stereocenters. The molecule has 0 unspecified atom stereocenters. The van der Waals surface area contributed by atoms with Crippen molar-refractivity contribution in [1.29, 1.82) is 0 Å². The maximum Gasteiger partial charge on any atom is 0.241 e. The summed E-state index contributed by atoms with van der Waals surface area (Å²) >= 11 is 3.31. The Morgan fingerprint density at radius 2 is 2.19 bits per heavy atom. The Bertz CT molecular complexity index is 716. The van der Waals surface area contributed by atoms with Crippen LogP contribution in [-0.2, 0) is 23.0 Å². The third kappa shape index (κ3) is 3.88. The third-order valence-electron chi connectivity index (χ3n) is 2.84. The molecule has 1 aromatic heterocycles. The van der Waals surface area contributed by atoms with Gasteiger partial charge in [-0.2, -0.15) is 4.98 Å². The summed E-state index contributed by atoms with van der Waals surface area (Å²) in [6, 6.07) is 3.41. The van der Waals surface area contributed by atoms with Gasteiger partial charge in [-0.25, -0.2) is 13.1 Å². The third-order valence-corrected chi connectivity index (χ3v) is 5.64. The van der Waals surface area contributed by atoms with Crippen molar-refractivity contribution in [3.05, 3.63) is 40.0 Å². The Morgan fingerprint density at radius 3 is 2.81 bits per heavy atom. The van der Waals surface area contributed by atoms with Crippen LogP contribution in [0.2, 0.25) is 0 Å². The van der Waals surface area contributed by atoms with Crippen molar-refractivity contribution in [3.8, 4) is 0 Å². The number of hydrogen-bond donors (Lipinski definition) is 2. The molecule has 9 heteroatoms. The van der Waals surface area contributed by atoms with Crippen LogP contribution in [0, 0.1) is 6.92 Å². The summed E-state index contributed by atoms with van der Waals surface area (Å²) < 4.78 is 32.6. The van der Waals surface area contributed by atoms with Gasteiger partial charge < -0.3 is 10.3 Å². The number of nitrogens with two attached hydrogens (primary N) is 1. The number of nitrogens with zero attached hydrogens (tertiary/aromatic N) is 2. The maximum absolute atomic E-state index is 12.4. The summed E-state index contributed by atoms with van der Waals surface area (Å²) in [6.07, 6.45) is 1.60. The summed E-state index contributed by atoms with van der Waals surface area (Å²) in [7, 11) is -3.64. The molecule has 0 amide bonds. The summed E-state index contributed by atoms with van der Waals surface area (Å²) in [4.78, 5) is 4.00. The van der Waals surface area contributed by atoms with Gasteiger partial charge in [0.1, 0.15) is 0 Å². The molecule has 0 spiro atoms. The fourth-order valence-corrected chi connectivity index (χ4v) is 3.90. The Labute approximate surface area is 131 Å². The highest BCUT2D eigenvalue weighted by Gasteiger charge is 2.19. The lowest BCUT2D eigenvalue weighted by Gasteiger charge is -2.11. The lowest BCUT2D eigenvalue weighted by atomic mass is 10.1. The second kappa shape index (κ2) is 6.65. The molecular formula is C12H15BrN4O3S. The van der Waals surface area contributed by atoms with Gasteiger partial charge in [0.05, 0.1) is 4.90 Å². The van der Waals surface area contributed by atoms with E-state index in [1.54, 1.807) is 6.07 Å². The minimum Gasteiger partial charge on any atom is -0.340 e. The van der Waals surface area contributed by atoms with Crippen LogP contribution in [-0.4, -0.2) is 25.1 Å². The fourth-order valence-electron chi connectivity index (χ4n) is 1.80. The van der Waals surface area contributed by atoms with Crippen molar-refractivity contribution in [2.45, 2.75) is 24.8 Å². The first-order chi connectivity index (χ1) is 9.94. The number of halogens is 1. The van der Waals surface area contributed by atoms with E-state index >= 15 is 0 Å². The molecule has 0 aliphatic carbocycles. The molecule has 7 nitrogen and oxygen atoms in total. The molecule has 0 aliphatic rings. The van der Waals surface area contributed by atoms with Crippen LogP contribution in [0.15, 0.2) is 32.4 Å². The largest absolute Gasteiger partial charge is 0.340 e. The second-order valence-electron chi connectivity index (χ2n) is 4.41. The average molecular weight is 375 g/mol. The first-order valence-electron chi connectivity index (χ1n) is 6.18. The van der Waals surface area contributed by atoms with Crippen molar-refractivity contribution >= 4 is 26.0 Å². The molecule has 0 radical (unpaired) electrons. The quantitative estimate of drug-likeness (QED) is 0.783. The van der Waals surface area contributed by atoms with E-state index in [0.717, 1.165) is 11.1 Å². The van der Waals surface area contributed by atoms with Crippen molar-refractivity contribution in [3.63, 3.8) is 0 Å². The van der Waals surface area contributed by atoms with Gasteiger partial charge in [-0.1, -0.05) is 11.2 Å². The summed E-state index contributed by atoms with van der Waals surface area (Å²) in [5.74, 6) is 0.378. The Balaban J connectivity index is 2.17. The van der Waals surface area contributed by atoms with Crippen LogP contribution in [0.25, 0.3) is 0 Å². The molecule has 1 heterocycles. The Morgan fingerprint density at radius 1 is 1.43 bits per heavy atom. The van der Waals surface area contributed by atoms with Crippen molar-refractivity contribution < 1.29 is 12.9 Å². The number of benzene rings is 1. The smallest absolute Gasteiger partial charge is 0.241 e. The van der Waals surface area contributed by atoms with E-state index in [9.17, 15) is 8.42 Å². The van der Waals surface area contributed by atoms with E-state index in [4.69, 9.17) is 10.3 Å². The lowest BCUT2D eigenvalue weighted by Crippen LogP contribution is -2.26. The Kier molecular flexibility index (Phi) is 5.09. The van der Waals surface area contributed by atoms with Gasteiger partial charge in [0.15, 0.2) is 6.33 Å². The summed E-state index contributed by atoms with van der Waals surface area (Å²) in [6.45, 7) is 2.27. The van der Waals surface area contributed by atoms with E-state index in [2.05, 4.69) is 30.8 Å². The minimum absolute atomic E-state index is 0.170. The van der Waals surface area contributed by atoms with Crippen molar-refractivity contribution in [2.24, 2.45) is 5.73 Å². The van der Waals surface area contributed by atoms with Gasteiger partial charge in [0.2, 0.25) is 15.9 Å². The number of rotatable bonds is 6. The van der Waals surface area contributed by atoms with Crippen LogP contribution >= 0.6 is 15.9 Å². The number of nitrogens with one attached hydrogen (secondary N) is 1. The molecule has 0 saturated heterocycles. The summed E-state index contributed by atoms with van der Waals surface area (Å²) in [5.41, 5.74) is 7.16. The van der Waals surface area contributed by atoms with Crippen LogP contribution in [0.4, 0.5) is 0 Å². The number of aromatic nitrogens is 2. The van der Waals surface area contributed by atoms with Gasteiger partial charge >= 0.3 is 0 Å². The lowest BCUT2D eigenvalue weighted by molar-refractivity contribution is 0.377. The van der Waals surface area contributed by atoms with Gasteiger partial charge in [0, 0.05) is 24.0 Å². The van der Waals surface area contributed by atoms with E-state index in [1.807, 2.05) is 13.0 Å². The topological polar surface area (TPSA) is 111 Å². The molecule has 1 aromatic carbocycles. The molecule has 3 N–H and O–H groups in total. The molecular weight excluding hydrogens is 360 g/mol. The first-order valence-corrected chi connectivity index (χ1v) is 8.46. The molecule has 0 aliphatic heterocycles. The fraction of sp³-hybridized carbons (Fsp3) is 0.333. The summed E-state index contributed by atoms with van der Waals surface area (Å²) in [5, 5.41) is 3.46. The zero-order chi connectivity index (χ0) is 15.5. The first kappa shape index (κ1) is 16.1. The van der Waals surface area contributed by atoms with E-state index in [1.165, 1.54) is 6.33 Å². The van der Waals surface area contributed by atoms with Crippen molar-refractivity contribution in [1.82, 2.24) is 14.9 Å². The monoisotopic (exact) mass is 374 g/mol. The van der Waals surface area contributed by atoms with Gasteiger partial charge in [0.25, 0.3) is 0 Å². The normalized spacial score (nSPS) is 11.8. The molecule has 0 bridgehead atoms. The second-order valence-corrected chi connectivity index (χ2v) is 6.94. The van der Waals surface area contributed by atoms with E-state index < -0.39 is 10.0 Å². The predicted octanol–water partition coefficient (Wildman–Crippen LogP) is 1.12. The highest BCUT2D eigenvalue weighted by Crippen LogP contribution is 2.27. The SMILES string of the molecule is Cc1cc(CN)cc(S(=O)(=O)NCCc2ncno2)c1Br. The molecule has 114 valence electrons. The standard InChI is InChI=1S/C12H15BrN4O3S/c1-8-4-9(6-14)5-10(12(8)13)21(18,19)17-3-2-11-15-7-16-20-11/h4-5,7,17H,2-3,6,14H2,1H3. The van der Waals surface area contributed by atoms with E-state index in [0.29, 0.717) is 16.8 Å². The molecule has 0 saturated carbocycles. The van der Waals surface area contributed by atoms with Crippen molar-refractivity contribution in [2.75, 3.05) is 6.54 Å². The van der Waals surface area contributed by atoms with Crippen LogP contribution in [0.5, 0.6) is 0 Å². The number of hydrogen-bond acceptors (Lipinski definition) is 6. The predicted molar refractivity (Wildman–Crippen MR) is 80.0 cm³/mol. The van der Waals surface area contributed by atoms with Crippen LogP contribution in [0.3, 0.4) is 0 Å². The van der Waals surface area contributed by atoms with Gasteiger partial charge in [-0.05, 0) is 40.0 Å². The Hall–Kier alpha value is -1.29. The zero-order valence-corrected chi connectivity index (χ0v) is 13.7. The minimum atomic E-state index is -3.64. The highest BCUT2D eigenvalue weighted by atomic mass is 79.9. The number of aryl methyl sites for hydroxylation is 1. The van der Waals surface area contributed by atoms with Crippen LogP contribution < -0.4 is 10.5 Å². The molecule has 2 rings (SSSR count). The van der Waals surface area contributed by atoms with Crippen LogP contribution in [0.1, 0.15) is 17.0 Å². The molecule has 21 heavy (non-hydrogen) atoms. The average Bonchev–Trinajstić information content (AvgIpc) is 2.94. The maximum atomic E-state index is 12.4. The molecule has 2 aromatic rings. The molecule has 0 fully saturated rings. The number of sulfonamides is 1. The van der Waals surface area contributed by atoms with E-state index in [-0.39, 0.29) is 18.0 Å². The highest BCUT2D eigenvalue weighted by molar-refractivity contribution is 9.10. The van der Waals surface area contributed by atoms with Gasteiger partial charge in [-0.3, -0.25) is 0 Å². The van der Waals surface area contributed by atoms with Gasteiger partial charge in [-0.15, -0.1) is 0 Å².